The topological polar surface area (TPSA) is 82.4 Å². The third-order valence-corrected chi connectivity index (χ3v) is 4.65. The van der Waals surface area contributed by atoms with E-state index in [4.69, 9.17) is 10.00 Å². The first-order valence-electron chi connectivity index (χ1n) is 8.91. The number of ether oxygens (including phenoxy) is 1. The van der Waals surface area contributed by atoms with Crippen LogP contribution in [0, 0.1) is 24.2 Å². The van der Waals surface area contributed by atoms with Crippen molar-refractivity contribution in [2.24, 2.45) is 5.92 Å². The van der Waals surface area contributed by atoms with Crippen LogP contribution in [0.25, 0.3) is 0 Å². The molecule has 0 N–H and O–H groups in total. The Morgan fingerprint density at radius 3 is 2.80 bits per heavy atom. The molecule has 0 radical (unpaired) electrons. The Morgan fingerprint density at radius 2 is 2.20 bits per heavy atom. The molecule has 25 heavy (non-hydrogen) atoms. The quantitative estimate of drug-likeness (QED) is 0.788. The van der Waals surface area contributed by atoms with E-state index in [2.05, 4.69) is 21.9 Å². The summed E-state index contributed by atoms with van der Waals surface area (Å²) in [5.74, 6) is 1.02. The Labute approximate surface area is 149 Å². The van der Waals surface area contributed by atoms with Gasteiger partial charge in [0.1, 0.15) is 6.07 Å². The molecule has 136 valence electrons. The van der Waals surface area contributed by atoms with Crippen LogP contribution in [0.15, 0.2) is 6.20 Å². The minimum atomic E-state index is -0.435. The smallest absolute Gasteiger partial charge is 0.416 e. The molecule has 1 aliphatic rings. The third kappa shape index (κ3) is 5.40. The molecular weight excluding hydrogens is 318 g/mol. The van der Waals surface area contributed by atoms with Crippen molar-refractivity contribution in [1.29, 1.82) is 5.26 Å². The minimum Gasteiger partial charge on any atom is -0.449 e. The van der Waals surface area contributed by atoms with Gasteiger partial charge in [0.15, 0.2) is 0 Å². The number of aryl methyl sites for hydroxylation is 1. The lowest BCUT2D eigenvalue weighted by atomic mass is 9.92. The zero-order valence-electron chi connectivity index (χ0n) is 15.4. The van der Waals surface area contributed by atoms with Crippen LogP contribution >= 0.6 is 0 Å². The number of hydrogen-bond donors (Lipinski definition) is 0. The van der Waals surface area contributed by atoms with Gasteiger partial charge in [-0.05, 0) is 65.6 Å². The second-order valence-electron chi connectivity index (χ2n) is 6.52. The molecule has 7 nitrogen and oxygen atoms in total. The predicted molar refractivity (Wildman–Crippen MR) is 95.3 cm³/mol. The number of nitriles is 1. The van der Waals surface area contributed by atoms with E-state index < -0.39 is 6.09 Å². The van der Waals surface area contributed by atoms with Crippen LogP contribution in [0.4, 0.5) is 10.7 Å². The van der Waals surface area contributed by atoms with Gasteiger partial charge in [0.25, 0.3) is 0 Å². The fraction of sp³-hybridized carbons (Fsp3) is 0.667. The number of piperidine rings is 1. The predicted octanol–water partition coefficient (Wildman–Crippen LogP) is 2.74. The average molecular weight is 345 g/mol. The molecule has 1 saturated heterocycles. The summed E-state index contributed by atoms with van der Waals surface area (Å²) in [5.41, 5.74) is 0.982. The van der Waals surface area contributed by atoms with E-state index in [1.54, 1.807) is 13.8 Å². The van der Waals surface area contributed by atoms with Gasteiger partial charge in [0.05, 0.1) is 24.1 Å². The molecule has 0 saturated carbocycles. The number of aromatic nitrogens is 2. The fourth-order valence-corrected chi connectivity index (χ4v) is 3.06. The number of carbonyl (C=O) groups is 1. The monoisotopic (exact) mass is 345 g/mol. The second-order valence-corrected chi connectivity index (χ2v) is 6.52. The summed E-state index contributed by atoms with van der Waals surface area (Å²) in [6.07, 6.45) is 5.41. The van der Waals surface area contributed by atoms with Crippen LogP contribution in [-0.2, 0) is 4.74 Å². The first-order valence-corrected chi connectivity index (χ1v) is 8.91. The largest absolute Gasteiger partial charge is 0.449 e. The summed E-state index contributed by atoms with van der Waals surface area (Å²) in [4.78, 5) is 24.6. The molecule has 2 rings (SSSR count). The van der Waals surface area contributed by atoms with Crippen LogP contribution in [-0.4, -0.2) is 54.2 Å². The molecule has 0 atom stereocenters. The molecule has 0 aromatic carbocycles. The highest BCUT2D eigenvalue weighted by Crippen LogP contribution is 2.22. The summed E-state index contributed by atoms with van der Waals surface area (Å²) in [7, 11) is 2.16. The van der Waals surface area contributed by atoms with Crippen molar-refractivity contribution in [3.63, 3.8) is 0 Å². The van der Waals surface area contributed by atoms with Crippen LogP contribution in [0.1, 0.15) is 43.9 Å². The number of carbonyl (C=O) groups excluding carboxylic acids is 1. The van der Waals surface area contributed by atoms with Gasteiger partial charge in [-0.15, -0.1) is 0 Å². The maximum Gasteiger partial charge on any atom is 0.416 e. The normalized spacial score (nSPS) is 15.6. The first kappa shape index (κ1) is 19.1. The van der Waals surface area contributed by atoms with Gasteiger partial charge in [0, 0.05) is 6.54 Å². The number of rotatable bonds is 6. The lowest BCUT2D eigenvalue weighted by molar-refractivity contribution is 0.158. The van der Waals surface area contributed by atoms with Crippen LogP contribution < -0.4 is 4.90 Å². The number of anilines is 1. The number of nitrogens with zero attached hydrogens (tertiary/aromatic N) is 5. The van der Waals surface area contributed by atoms with Gasteiger partial charge < -0.3 is 9.64 Å². The summed E-state index contributed by atoms with van der Waals surface area (Å²) in [5, 5.41) is 9.01. The lowest BCUT2D eigenvalue weighted by Gasteiger charge is -2.29. The minimum absolute atomic E-state index is 0.304. The van der Waals surface area contributed by atoms with E-state index >= 15 is 0 Å². The van der Waals surface area contributed by atoms with E-state index in [1.165, 1.54) is 23.9 Å². The molecule has 0 spiro atoms. The van der Waals surface area contributed by atoms with Gasteiger partial charge in [-0.2, -0.15) is 5.26 Å². The van der Waals surface area contributed by atoms with Crippen molar-refractivity contribution < 1.29 is 9.53 Å². The highest BCUT2D eigenvalue weighted by atomic mass is 16.6. The van der Waals surface area contributed by atoms with Gasteiger partial charge in [0.2, 0.25) is 5.95 Å². The third-order valence-electron chi connectivity index (χ3n) is 4.65. The van der Waals surface area contributed by atoms with Crippen LogP contribution in [0.2, 0.25) is 0 Å². The first-order chi connectivity index (χ1) is 12.0. The summed E-state index contributed by atoms with van der Waals surface area (Å²) in [6, 6.07) is 2.04. The van der Waals surface area contributed by atoms with Crippen LogP contribution in [0.5, 0.6) is 0 Å². The Bertz CT molecular complexity index is 620. The number of amides is 1. The highest BCUT2D eigenvalue weighted by Gasteiger charge is 2.22. The lowest BCUT2D eigenvalue weighted by Crippen LogP contribution is -2.35. The highest BCUT2D eigenvalue weighted by molar-refractivity contribution is 5.85. The van der Waals surface area contributed by atoms with Gasteiger partial charge in [-0.25, -0.2) is 19.7 Å². The maximum atomic E-state index is 12.3. The molecule has 1 fully saturated rings. The van der Waals surface area contributed by atoms with Crippen molar-refractivity contribution in [2.75, 3.05) is 38.2 Å². The molecule has 0 aliphatic carbocycles. The molecule has 1 amide bonds. The Balaban J connectivity index is 2.00. The Morgan fingerprint density at radius 1 is 1.48 bits per heavy atom. The molecule has 1 aromatic rings. The van der Waals surface area contributed by atoms with E-state index in [0.29, 0.717) is 36.3 Å². The molecule has 1 aromatic heterocycles. The summed E-state index contributed by atoms with van der Waals surface area (Å²) >= 11 is 0. The standard InChI is InChI=1S/C18H27N5O2/c1-4-25-18(24)23(17-20-13-16(12-19)14(2)21-17)9-5-6-15-7-10-22(3)11-8-15/h13,15H,4-11H2,1-3H3. The Kier molecular flexibility index (Phi) is 7.14. The van der Waals surface area contributed by atoms with Crippen molar-refractivity contribution in [2.45, 2.75) is 39.5 Å². The van der Waals surface area contributed by atoms with Gasteiger partial charge in [-0.1, -0.05) is 0 Å². The summed E-state index contributed by atoms with van der Waals surface area (Å²) in [6.45, 7) is 6.63. The van der Waals surface area contributed by atoms with Crippen molar-refractivity contribution in [3.05, 3.63) is 17.5 Å². The molecule has 0 unspecified atom stereocenters. The van der Waals surface area contributed by atoms with Gasteiger partial charge in [-0.3, -0.25) is 0 Å². The number of likely N-dealkylation sites (tertiary alicyclic amines) is 1. The maximum absolute atomic E-state index is 12.3. The van der Waals surface area contributed by atoms with Crippen molar-refractivity contribution >= 4 is 12.0 Å². The number of hydrogen-bond acceptors (Lipinski definition) is 6. The summed E-state index contributed by atoms with van der Waals surface area (Å²) < 4.78 is 5.15. The second kappa shape index (κ2) is 9.33. The van der Waals surface area contributed by atoms with Crippen molar-refractivity contribution in [3.8, 4) is 6.07 Å². The molecule has 0 bridgehead atoms. The van der Waals surface area contributed by atoms with Crippen molar-refractivity contribution in [1.82, 2.24) is 14.9 Å². The van der Waals surface area contributed by atoms with Crippen LogP contribution in [0.3, 0.4) is 0 Å². The zero-order chi connectivity index (χ0) is 18.2. The Hall–Kier alpha value is -2.20. The molecular formula is C18H27N5O2. The van der Waals surface area contributed by atoms with Gasteiger partial charge >= 0.3 is 6.09 Å². The van der Waals surface area contributed by atoms with E-state index in [1.807, 2.05) is 6.07 Å². The van der Waals surface area contributed by atoms with E-state index in [-0.39, 0.29) is 0 Å². The fourth-order valence-electron chi connectivity index (χ4n) is 3.06. The molecule has 7 heteroatoms. The van der Waals surface area contributed by atoms with E-state index in [9.17, 15) is 4.79 Å². The SMILES string of the molecule is CCOC(=O)N(CCCC1CCN(C)CC1)c1ncc(C#N)c(C)n1. The zero-order valence-corrected chi connectivity index (χ0v) is 15.4. The molecule has 1 aliphatic heterocycles. The average Bonchev–Trinajstić information content (AvgIpc) is 2.60. The molecule has 2 heterocycles. The van der Waals surface area contributed by atoms with E-state index in [0.717, 1.165) is 25.9 Å².